The molecule has 108 valence electrons. The van der Waals surface area contributed by atoms with Crippen LogP contribution in [0.15, 0.2) is 49.1 Å². The number of nitro benzene ring substituents is 1. The van der Waals surface area contributed by atoms with Crippen LogP contribution in [0.25, 0.3) is 10.8 Å². The molecule has 0 radical (unpaired) electrons. The number of carbonyl (C=O) groups is 2. The van der Waals surface area contributed by atoms with E-state index >= 15 is 0 Å². The summed E-state index contributed by atoms with van der Waals surface area (Å²) in [5.74, 6) is -2.77. The van der Waals surface area contributed by atoms with E-state index in [1.807, 2.05) is 0 Å². The van der Waals surface area contributed by atoms with Crippen LogP contribution in [-0.2, 0) is 24.3 Å². The molecular weight excluding hydrogens is 344 g/mol. The molecule has 0 aromatic heterocycles. The monoisotopic (exact) mass is 351 g/mol. The molecule has 0 amide bonds. The van der Waals surface area contributed by atoms with Crippen molar-refractivity contribution in [1.29, 1.82) is 0 Å². The smallest absolute Gasteiger partial charge is 0.545 e. The number of hydrogen-bond acceptors (Lipinski definition) is 6. The molecule has 0 aliphatic rings. The van der Waals surface area contributed by atoms with E-state index in [0.717, 1.165) is 6.08 Å². The Balaban J connectivity index is 0.000000644. The zero-order valence-corrected chi connectivity index (χ0v) is 14.3. The molecular formula is C14H9NO6Zn. The summed E-state index contributed by atoms with van der Waals surface area (Å²) >= 11 is 0. The van der Waals surface area contributed by atoms with Gasteiger partial charge in [-0.2, -0.15) is 0 Å². The van der Waals surface area contributed by atoms with Gasteiger partial charge >= 0.3 is 19.5 Å². The molecule has 0 heterocycles. The molecule has 0 fully saturated rings. The zero-order chi connectivity index (χ0) is 16.0. The number of aliphatic carboxylic acids is 1. The second-order valence-corrected chi connectivity index (χ2v) is 3.75. The fourth-order valence-electron chi connectivity index (χ4n) is 1.63. The summed E-state index contributed by atoms with van der Waals surface area (Å²) in [6.07, 6.45) is 0.722. The van der Waals surface area contributed by atoms with Crippen molar-refractivity contribution in [2.24, 2.45) is 0 Å². The number of carboxylic acids is 2. The van der Waals surface area contributed by atoms with E-state index < -0.39 is 22.5 Å². The second kappa shape index (κ2) is 8.64. The SMILES string of the molecule is C=CC(=O)[O-].O=C([O-])c1c([N+](=O)[O-])ccc2ccccc12.[Zn+2]. The van der Waals surface area contributed by atoms with E-state index in [1.54, 1.807) is 18.2 Å². The topological polar surface area (TPSA) is 123 Å². The Bertz CT molecular complexity index is 728. The molecule has 2 aromatic rings. The molecule has 0 aliphatic carbocycles. The van der Waals surface area contributed by atoms with Gasteiger partial charge in [-0.1, -0.05) is 30.8 Å². The first kappa shape index (κ1) is 19.4. The Morgan fingerprint density at radius 2 is 1.64 bits per heavy atom. The van der Waals surface area contributed by atoms with Crippen LogP contribution >= 0.6 is 0 Å². The van der Waals surface area contributed by atoms with Crippen LogP contribution in [0.3, 0.4) is 0 Å². The van der Waals surface area contributed by atoms with Gasteiger partial charge in [-0.05, 0) is 22.9 Å². The molecule has 0 atom stereocenters. The maximum absolute atomic E-state index is 10.9. The Morgan fingerprint density at radius 3 is 2.09 bits per heavy atom. The summed E-state index contributed by atoms with van der Waals surface area (Å²) in [6.45, 7) is 2.90. The first-order valence-corrected chi connectivity index (χ1v) is 5.59. The van der Waals surface area contributed by atoms with Crippen LogP contribution in [0.5, 0.6) is 0 Å². The first-order valence-electron chi connectivity index (χ1n) is 5.59. The molecule has 22 heavy (non-hydrogen) atoms. The van der Waals surface area contributed by atoms with E-state index in [4.69, 9.17) is 9.90 Å². The van der Waals surface area contributed by atoms with Crippen LogP contribution < -0.4 is 10.2 Å². The maximum atomic E-state index is 10.9. The van der Waals surface area contributed by atoms with E-state index in [2.05, 4.69) is 6.58 Å². The van der Waals surface area contributed by atoms with Gasteiger partial charge in [-0.3, -0.25) is 10.1 Å². The quantitative estimate of drug-likeness (QED) is 0.332. The predicted octanol–water partition coefficient (Wildman–Crippen LogP) is 0.0313. The Morgan fingerprint density at radius 1 is 1.09 bits per heavy atom. The Hall–Kier alpha value is -2.60. The van der Waals surface area contributed by atoms with E-state index in [1.165, 1.54) is 18.2 Å². The fourth-order valence-corrected chi connectivity index (χ4v) is 1.63. The number of carbonyl (C=O) groups excluding carboxylic acids is 2. The van der Waals surface area contributed by atoms with E-state index in [-0.39, 0.29) is 25.0 Å². The number of benzene rings is 2. The molecule has 8 heteroatoms. The summed E-state index contributed by atoms with van der Waals surface area (Å²) in [5, 5.41) is 31.7. The van der Waals surface area contributed by atoms with Crippen LogP contribution in [0.2, 0.25) is 0 Å². The third-order valence-electron chi connectivity index (χ3n) is 2.47. The van der Waals surface area contributed by atoms with Crippen molar-refractivity contribution in [3.05, 3.63) is 64.7 Å². The molecule has 0 N–H and O–H groups in total. The summed E-state index contributed by atoms with van der Waals surface area (Å²) in [7, 11) is 0. The number of carboxylic acid groups (broad SMARTS) is 2. The molecule has 0 saturated carbocycles. The molecule has 0 saturated heterocycles. The molecule has 0 aliphatic heterocycles. The molecule has 0 spiro atoms. The van der Waals surface area contributed by atoms with Gasteiger partial charge in [0.1, 0.15) is 0 Å². The molecule has 0 unspecified atom stereocenters. The van der Waals surface area contributed by atoms with Gasteiger partial charge in [0, 0.05) is 6.07 Å². The number of aromatic carboxylic acids is 1. The van der Waals surface area contributed by atoms with Crippen molar-refractivity contribution in [1.82, 2.24) is 0 Å². The normalized spacial score (nSPS) is 8.91. The van der Waals surface area contributed by atoms with Gasteiger partial charge in [0.05, 0.1) is 22.4 Å². The maximum Gasteiger partial charge on any atom is 2.00 e. The van der Waals surface area contributed by atoms with Gasteiger partial charge in [-0.15, -0.1) is 0 Å². The minimum atomic E-state index is -1.54. The molecule has 2 rings (SSSR count). The summed E-state index contributed by atoms with van der Waals surface area (Å²) in [6, 6.07) is 9.25. The van der Waals surface area contributed by atoms with Crippen LogP contribution in [-0.4, -0.2) is 16.9 Å². The minimum absolute atomic E-state index is 0. The molecule has 7 nitrogen and oxygen atoms in total. The minimum Gasteiger partial charge on any atom is -0.545 e. The van der Waals surface area contributed by atoms with Crippen LogP contribution in [0.1, 0.15) is 10.4 Å². The van der Waals surface area contributed by atoms with Gasteiger partial charge in [0.15, 0.2) is 0 Å². The number of rotatable bonds is 3. The zero-order valence-electron chi connectivity index (χ0n) is 11.4. The number of nitrogens with zero attached hydrogens (tertiary/aromatic N) is 1. The van der Waals surface area contributed by atoms with E-state index in [9.17, 15) is 20.0 Å². The number of nitro groups is 1. The van der Waals surface area contributed by atoms with E-state index in [0.29, 0.717) is 10.8 Å². The average molecular weight is 353 g/mol. The van der Waals surface area contributed by atoms with Crippen molar-refractivity contribution in [3.63, 3.8) is 0 Å². The fraction of sp³-hybridized carbons (Fsp3) is 0. The third-order valence-corrected chi connectivity index (χ3v) is 2.47. The Labute approximate surface area is 137 Å². The van der Waals surface area contributed by atoms with Gasteiger partial charge in [-0.25, -0.2) is 0 Å². The molecule has 2 aromatic carbocycles. The Kier molecular flexibility index (Phi) is 7.62. The predicted molar refractivity (Wildman–Crippen MR) is 70.1 cm³/mol. The molecule has 0 bridgehead atoms. The summed E-state index contributed by atoms with van der Waals surface area (Å²) in [4.78, 5) is 30.0. The van der Waals surface area contributed by atoms with Crippen molar-refractivity contribution in [2.45, 2.75) is 0 Å². The first-order chi connectivity index (χ1) is 9.88. The third kappa shape index (κ3) is 4.75. The average Bonchev–Trinajstić information content (AvgIpc) is 2.46. The van der Waals surface area contributed by atoms with Crippen molar-refractivity contribution in [3.8, 4) is 0 Å². The van der Waals surface area contributed by atoms with Gasteiger partial charge < -0.3 is 19.8 Å². The number of hydrogen-bond donors (Lipinski definition) is 0. The van der Waals surface area contributed by atoms with Crippen molar-refractivity contribution < 1.29 is 44.2 Å². The van der Waals surface area contributed by atoms with Crippen LogP contribution in [0.4, 0.5) is 5.69 Å². The van der Waals surface area contributed by atoms with Gasteiger partial charge in [0.25, 0.3) is 5.69 Å². The standard InChI is InChI=1S/C11H7NO4.C3H4O2.Zn/c13-11(14)10-8-4-2-1-3-7(8)5-6-9(10)12(15)16;1-2-3(4)5;/h1-6H,(H,13,14);2H,1H2,(H,4,5);/q;;+2/p-2. The van der Waals surface area contributed by atoms with Crippen LogP contribution in [0, 0.1) is 10.1 Å². The largest absolute Gasteiger partial charge is 2.00 e. The summed E-state index contributed by atoms with van der Waals surface area (Å²) < 4.78 is 0. The summed E-state index contributed by atoms with van der Waals surface area (Å²) in [5.41, 5.74) is -0.818. The second-order valence-electron chi connectivity index (χ2n) is 3.75. The van der Waals surface area contributed by atoms with Crippen molar-refractivity contribution >= 4 is 28.4 Å². The number of fused-ring (bicyclic) bond motifs is 1. The van der Waals surface area contributed by atoms with Crippen molar-refractivity contribution in [2.75, 3.05) is 0 Å². The van der Waals surface area contributed by atoms with Gasteiger partial charge in [0.2, 0.25) is 0 Å².